The Bertz CT molecular complexity index is 503. The second kappa shape index (κ2) is 6.01. The summed E-state index contributed by atoms with van der Waals surface area (Å²) in [6.07, 6.45) is 1.42. The molecule has 5 nitrogen and oxygen atoms in total. The van der Waals surface area contributed by atoms with Crippen LogP contribution in [0.5, 0.6) is 0 Å². The number of benzene rings is 1. The van der Waals surface area contributed by atoms with Crippen LogP contribution >= 0.6 is 34.4 Å². The first-order valence-electron chi connectivity index (χ1n) is 4.77. The minimum Gasteiger partial charge on any atom is -0.325 e. The third kappa shape index (κ3) is 4.00. The molecule has 2 aromatic rings. The van der Waals surface area contributed by atoms with E-state index in [1.165, 1.54) is 18.1 Å². The Balaban J connectivity index is 1.85. The molecule has 1 heterocycles. The normalized spacial score (nSPS) is 10.2. The predicted molar refractivity (Wildman–Crippen MR) is 74.9 cm³/mol. The van der Waals surface area contributed by atoms with Crippen LogP contribution in [0.15, 0.2) is 35.7 Å². The number of carbonyl (C=O) groups is 1. The molecule has 0 aliphatic rings. The standard InChI is InChI=1S/C10H9IN4OS/c11-7-2-1-3-8(4-7)14-9(16)5-17-10-12-6-13-15-10/h1-4,6H,5H2,(H,14,16)(H,12,13,15). The molecule has 88 valence electrons. The average Bonchev–Trinajstić information content (AvgIpc) is 2.79. The summed E-state index contributed by atoms with van der Waals surface area (Å²) < 4.78 is 1.09. The van der Waals surface area contributed by atoms with Crippen LogP contribution < -0.4 is 5.32 Å². The number of thioether (sulfide) groups is 1. The maximum atomic E-state index is 11.6. The number of rotatable bonds is 4. The Hall–Kier alpha value is -1.09. The van der Waals surface area contributed by atoms with Gasteiger partial charge in [0.25, 0.3) is 0 Å². The van der Waals surface area contributed by atoms with Crippen molar-refractivity contribution in [2.24, 2.45) is 0 Å². The van der Waals surface area contributed by atoms with Crippen LogP contribution in [-0.4, -0.2) is 26.8 Å². The largest absolute Gasteiger partial charge is 0.325 e. The summed E-state index contributed by atoms with van der Waals surface area (Å²) >= 11 is 3.52. The Kier molecular flexibility index (Phi) is 4.37. The third-order valence-corrected chi connectivity index (χ3v) is 3.39. The molecule has 0 saturated heterocycles. The summed E-state index contributed by atoms with van der Waals surface area (Å²) in [5, 5.41) is 9.85. The van der Waals surface area contributed by atoms with Crippen molar-refractivity contribution in [1.82, 2.24) is 15.2 Å². The lowest BCUT2D eigenvalue weighted by molar-refractivity contribution is -0.113. The van der Waals surface area contributed by atoms with Gasteiger partial charge in [-0.3, -0.25) is 9.89 Å². The molecule has 0 aliphatic heterocycles. The summed E-state index contributed by atoms with van der Waals surface area (Å²) in [6, 6.07) is 7.65. The van der Waals surface area contributed by atoms with Crippen molar-refractivity contribution in [3.8, 4) is 0 Å². The number of aromatic amines is 1. The summed E-state index contributed by atoms with van der Waals surface area (Å²) in [5.41, 5.74) is 0.806. The molecule has 0 unspecified atom stereocenters. The molecule has 2 N–H and O–H groups in total. The zero-order chi connectivity index (χ0) is 12.1. The van der Waals surface area contributed by atoms with E-state index in [0.717, 1.165) is 9.26 Å². The monoisotopic (exact) mass is 360 g/mol. The van der Waals surface area contributed by atoms with Crippen LogP contribution in [0.25, 0.3) is 0 Å². The summed E-state index contributed by atoms with van der Waals surface area (Å²) in [6.45, 7) is 0. The van der Waals surface area contributed by atoms with Crippen molar-refractivity contribution in [3.63, 3.8) is 0 Å². The summed E-state index contributed by atoms with van der Waals surface area (Å²) in [4.78, 5) is 15.5. The number of carbonyl (C=O) groups excluding carboxylic acids is 1. The lowest BCUT2D eigenvalue weighted by atomic mass is 10.3. The average molecular weight is 360 g/mol. The Morgan fingerprint density at radius 1 is 1.53 bits per heavy atom. The number of halogens is 1. The van der Waals surface area contributed by atoms with Crippen LogP contribution in [0.3, 0.4) is 0 Å². The van der Waals surface area contributed by atoms with Gasteiger partial charge in [0.15, 0.2) is 5.16 Å². The molecule has 0 saturated carbocycles. The van der Waals surface area contributed by atoms with Gasteiger partial charge in [-0.1, -0.05) is 17.8 Å². The molecule has 0 spiro atoms. The van der Waals surface area contributed by atoms with Crippen molar-refractivity contribution < 1.29 is 4.79 Å². The van der Waals surface area contributed by atoms with Gasteiger partial charge in [-0.05, 0) is 40.8 Å². The molecule has 0 radical (unpaired) electrons. The van der Waals surface area contributed by atoms with Gasteiger partial charge in [-0.25, -0.2) is 4.98 Å². The number of hydrogen-bond acceptors (Lipinski definition) is 4. The van der Waals surface area contributed by atoms with Gasteiger partial charge >= 0.3 is 0 Å². The molecule has 7 heteroatoms. The number of aromatic nitrogens is 3. The van der Waals surface area contributed by atoms with E-state index in [1.54, 1.807) is 0 Å². The van der Waals surface area contributed by atoms with Crippen molar-refractivity contribution in [3.05, 3.63) is 34.2 Å². The van der Waals surface area contributed by atoms with Crippen LogP contribution in [0.4, 0.5) is 5.69 Å². The zero-order valence-electron chi connectivity index (χ0n) is 8.68. The van der Waals surface area contributed by atoms with Crippen molar-refractivity contribution in [2.45, 2.75) is 5.16 Å². The third-order valence-electron chi connectivity index (χ3n) is 1.84. The second-order valence-electron chi connectivity index (χ2n) is 3.14. The predicted octanol–water partition coefficient (Wildman–Crippen LogP) is 2.14. The highest BCUT2D eigenvalue weighted by atomic mass is 127. The SMILES string of the molecule is O=C(CSc1ncn[nH]1)Nc1cccc(I)c1. The van der Waals surface area contributed by atoms with E-state index in [1.807, 2.05) is 24.3 Å². The first-order chi connectivity index (χ1) is 8.24. The smallest absolute Gasteiger partial charge is 0.234 e. The fourth-order valence-electron chi connectivity index (χ4n) is 1.16. The molecule has 1 aromatic carbocycles. The number of hydrogen-bond donors (Lipinski definition) is 2. The van der Waals surface area contributed by atoms with E-state index in [-0.39, 0.29) is 5.91 Å². The van der Waals surface area contributed by atoms with Gasteiger partial charge in [0, 0.05) is 9.26 Å². The quantitative estimate of drug-likeness (QED) is 0.648. The molecular formula is C10H9IN4OS. The van der Waals surface area contributed by atoms with Crippen molar-refractivity contribution in [2.75, 3.05) is 11.1 Å². The summed E-state index contributed by atoms with van der Waals surface area (Å²) in [7, 11) is 0. The van der Waals surface area contributed by atoms with Gasteiger partial charge in [0.2, 0.25) is 5.91 Å². The van der Waals surface area contributed by atoms with E-state index in [4.69, 9.17) is 0 Å². The fourth-order valence-corrected chi connectivity index (χ4v) is 2.28. The molecule has 1 aromatic heterocycles. The van der Waals surface area contributed by atoms with Crippen LogP contribution in [-0.2, 0) is 4.79 Å². The highest BCUT2D eigenvalue weighted by Gasteiger charge is 2.05. The molecule has 1 amide bonds. The van der Waals surface area contributed by atoms with Crippen LogP contribution in [0.2, 0.25) is 0 Å². The van der Waals surface area contributed by atoms with Gasteiger partial charge in [-0.2, -0.15) is 5.10 Å². The molecule has 0 fully saturated rings. The van der Waals surface area contributed by atoms with Gasteiger partial charge in [0.05, 0.1) is 5.75 Å². The number of nitrogens with one attached hydrogen (secondary N) is 2. The lowest BCUT2D eigenvalue weighted by Crippen LogP contribution is -2.14. The molecule has 0 bridgehead atoms. The topological polar surface area (TPSA) is 70.7 Å². The Morgan fingerprint density at radius 3 is 3.12 bits per heavy atom. The maximum Gasteiger partial charge on any atom is 0.234 e. The number of amides is 1. The number of nitrogens with zero attached hydrogens (tertiary/aromatic N) is 2. The van der Waals surface area contributed by atoms with E-state index >= 15 is 0 Å². The van der Waals surface area contributed by atoms with E-state index in [0.29, 0.717) is 10.9 Å². The summed E-state index contributed by atoms with van der Waals surface area (Å²) in [5.74, 6) is 0.245. The van der Waals surface area contributed by atoms with E-state index in [9.17, 15) is 4.79 Å². The van der Waals surface area contributed by atoms with E-state index in [2.05, 4.69) is 43.1 Å². The Morgan fingerprint density at radius 2 is 2.41 bits per heavy atom. The number of anilines is 1. The first kappa shape index (κ1) is 12.4. The van der Waals surface area contributed by atoms with Gasteiger partial charge < -0.3 is 5.32 Å². The molecule has 2 rings (SSSR count). The van der Waals surface area contributed by atoms with Crippen LogP contribution in [0, 0.1) is 3.57 Å². The maximum absolute atomic E-state index is 11.6. The van der Waals surface area contributed by atoms with Crippen LogP contribution in [0.1, 0.15) is 0 Å². The van der Waals surface area contributed by atoms with Gasteiger partial charge in [-0.15, -0.1) is 0 Å². The van der Waals surface area contributed by atoms with E-state index < -0.39 is 0 Å². The van der Waals surface area contributed by atoms with Gasteiger partial charge in [0.1, 0.15) is 6.33 Å². The fraction of sp³-hybridized carbons (Fsp3) is 0.100. The first-order valence-corrected chi connectivity index (χ1v) is 6.84. The Labute approximate surface area is 116 Å². The molecule has 0 atom stereocenters. The number of H-pyrrole nitrogens is 1. The second-order valence-corrected chi connectivity index (χ2v) is 5.35. The molecule has 17 heavy (non-hydrogen) atoms. The molecular weight excluding hydrogens is 351 g/mol. The highest BCUT2D eigenvalue weighted by Crippen LogP contribution is 2.14. The van der Waals surface area contributed by atoms with Crippen molar-refractivity contribution >= 4 is 45.9 Å². The minimum atomic E-state index is -0.0617. The molecule has 0 aliphatic carbocycles. The lowest BCUT2D eigenvalue weighted by Gasteiger charge is -2.04. The van der Waals surface area contributed by atoms with Crippen molar-refractivity contribution in [1.29, 1.82) is 0 Å². The minimum absolute atomic E-state index is 0.0617. The zero-order valence-corrected chi connectivity index (χ0v) is 11.7. The highest BCUT2D eigenvalue weighted by molar-refractivity contribution is 14.1.